The van der Waals surface area contributed by atoms with Crippen LogP contribution < -0.4 is 0 Å². The summed E-state index contributed by atoms with van der Waals surface area (Å²) in [5, 5.41) is 0. The fourth-order valence-electron chi connectivity index (χ4n) is 1.37. The number of aromatic nitrogens is 1. The summed E-state index contributed by atoms with van der Waals surface area (Å²) < 4.78 is 0. The van der Waals surface area contributed by atoms with E-state index >= 15 is 0 Å². The predicted molar refractivity (Wildman–Crippen MR) is 65.1 cm³/mol. The first-order chi connectivity index (χ1) is 7.45. The lowest BCUT2D eigenvalue weighted by Gasteiger charge is -2.01. The Bertz CT molecular complexity index is 346. The number of hydrogen-bond donors (Lipinski definition) is 0. The molecule has 0 aliphatic heterocycles. The molecule has 0 unspecified atom stereocenters. The zero-order valence-corrected chi connectivity index (χ0v) is 9.28. The summed E-state index contributed by atoms with van der Waals surface area (Å²) in [5.74, 6) is 1.12. The summed E-state index contributed by atoms with van der Waals surface area (Å²) in [6.45, 7) is 0. The Morgan fingerprint density at radius 1 is 0.933 bits per heavy atom. The summed E-state index contributed by atoms with van der Waals surface area (Å²) in [7, 11) is 0. The Labute approximate surface area is 94.6 Å². The third kappa shape index (κ3) is 3.40. The molecule has 2 rings (SSSR count). The van der Waals surface area contributed by atoms with Crippen molar-refractivity contribution in [1.82, 2.24) is 4.98 Å². The predicted octanol–water partition coefficient (Wildman–Crippen LogP) is 3.42. The van der Waals surface area contributed by atoms with Gasteiger partial charge in [-0.25, -0.2) is 0 Å². The van der Waals surface area contributed by atoms with Crippen molar-refractivity contribution < 1.29 is 0 Å². The van der Waals surface area contributed by atoms with Gasteiger partial charge in [0.1, 0.15) is 0 Å². The van der Waals surface area contributed by atoms with Crippen molar-refractivity contribution in [3.8, 4) is 0 Å². The van der Waals surface area contributed by atoms with E-state index in [0.717, 1.165) is 12.2 Å². The van der Waals surface area contributed by atoms with Crippen LogP contribution in [0.3, 0.4) is 0 Å². The van der Waals surface area contributed by atoms with Crippen LogP contribution >= 0.6 is 11.8 Å². The minimum absolute atomic E-state index is 1.12. The van der Waals surface area contributed by atoms with Crippen molar-refractivity contribution in [3.05, 3.63) is 60.4 Å². The second-order valence-electron chi connectivity index (χ2n) is 3.27. The average Bonchev–Trinajstić information content (AvgIpc) is 2.32. The van der Waals surface area contributed by atoms with E-state index in [0.29, 0.717) is 0 Å². The van der Waals surface area contributed by atoms with E-state index in [4.69, 9.17) is 0 Å². The van der Waals surface area contributed by atoms with Crippen LogP contribution in [0.2, 0.25) is 0 Å². The van der Waals surface area contributed by atoms with Crippen LogP contribution in [0.15, 0.2) is 59.8 Å². The Balaban J connectivity index is 1.81. The van der Waals surface area contributed by atoms with Crippen LogP contribution in [0, 0.1) is 0 Å². The molecule has 0 fully saturated rings. The van der Waals surface area contributed by atoms with E-state index in [9.17, 15) is 0 Å². The van der Waals surface area contributed by atoms with Gasteiger partial charge >= 0.3 is 0 Å². The molecular weight excluding hydrogens is 202 g/mol. The number of thioether (sulfide) groups is 1. The molecule has 0 spiro atoms. The third-order valence-electron chi connectivity index (χ3n) is 2.15. The molecule has 1 heterocycles. The zero-order chi connectivity index (χ0) is 10.3. The van der Waals surface area contributed by atoms with Gasteiger partial charge in [0.05, 0.1) is 0 Å². The van der Waals surface area contributed by atoms with E-state index in [1.165, 1.54) is 10.5 Å². The van der Waals surface area contributed by atoms with Crippen molar-refractivity contribution in [2.75, 3.05) is 5.75 Å². The van der Waals surface area contributed by atoms with Gasteiger partial charge in [0.15, 0.2) is 0 Å². The van der Waals surface area contributed by atoms with E-state index in [2.05, 4.69) is 47.4 Å². The first-order valence-corrected chi connectivity index (χ1v) is 6.00. The van der Waals surface area contributed by atoms with Gasteiger partial charge in [0, 0.05) is 23.0 Å². The van der Waals surface area contributed by atoms with Crippen molar-refractivity contribution >= 4 is 11.8 Å². The van der Waals surface area contributed by atoms with Gasteiger partial charge in [-0.05, 0) is 24.1 Å². The van der Waals surface area contributed by atoms with Gasteiger partial charge in [-0.15, -0.1) is 11.8 Å². The Morgan fingerprint density at radius 2 is 1.67 bits per heavy atom. The number of benzene rings is 1. The minimum atomic E-state index is 1.12. The van der Waals surface area contributed by atoms with Gasteiger partial charge in [-0.2, -0.15) is 0 Å². The molecule has 2 aromatic rings. The number of nitrogens with zero attached hydrogens (tertiary/aromatic N) is 1. The molecule has 0 bridgehead atoms. The molecule has 0 aliphatic carbocycles. The quantitative estimate of drug-likeness (QED) is 0.725. The molecule has 0 N–H and O–H groups in total. The molecule has 76 valence electrons. The molecule has 0 amide bonds. The summed E-state index contributed by atoms with van der Waals surface area (Å²) in [6.07, 6.45) is 4.80. The highest BCUT2D eigenvalue weighted by atomic mass is 32.2. The van der Waals surface area contributed by atoms with E-state index in [-0.39, 0.29) is 0 Å². The molecule has 1 aromatic carbocycles. The van der Waals surface area contributed by atoms with E-state index in [1.807, 2.05) is 24.2 Å². The summed E-state index contributed by atoms with van der Waals surface area (Å²) >= 11 is 1.88. The van der Waals surface area contributed by atoms with Crippen LogP contribution in [0.5, 0.6) is 0 Å². The van der Waals surface area contributed by atoms with E-state index in [1.54, 1.807) is 0 Å². The highest BCUT2D eigenvalue weighted by Crippen LogP contribution is 2.17. The Morgan fingerprint density at radius 3 is 2.40 bits per heavy atom. The first kappa shape index (κ1) is 10.2. The first-order valence-electron chi connectivity index (χ1n) is 5.02. The molecule has 2 heteroatoms. The topological polar surface area (TPSA) is 12.9 Å². The highest BCUT2D eigenvalue weighted by molar-refractivity contribution is 7.99. The van der Waals surface area contributed by atoms with Crippen LogP contribution in [-0.2, 0) is 6.42 Å². The number of rotatable bonds is 4. The lowest BCUT2D eigenvalue weighted by atomic mass is 10.2. The summed E-state index contributed by atoms with van der Waals surface area (Å²) in [6, 6.07) is 14.7. The molecule has 15 heavy (non-hydrogen) atoms. The number of pyridine rings is 1. The standard InChI is InChI=1S/C13H13NS/c1-2-4-12(5-3-1)8-11-15-13-6-9-14-10-7-13/h1-7,9-10H,8,11H2. The molecule has 0 saturated carbocycles. The molecule has 1 aromatic heterocycles. The van der Waals surface area contributed by atoms with E-state index < -0.39 is 0 Å². The lowest BCUT2D eigenvalue weighted by molar-refractivity contribution is 1.15. The molecule has 1 nitrogen and oxygen atoms in total. The highest BCUT2D eigenvalue weighted by Gasteiger charge is 1.94. The SMILES string of the molecule is c1ccc(CCSc2ccncc2)cc1. The van der Waals surface area contributed by atoms with Crippen LogP contribution in [-0.4, -0.2) is 10.7 Å². The fourth-order valence-corrected chi connectivity index (χ4v) is 2.25. The second kappa shape index (κ2) is 5.56. The number of hydrogen-bond acceptors (Lipinski definition) is 2. The fraction of sp³-hybridized carbons (Fsp3) is 0.154. The zero-order valence-electron chi connectivity index (χ0n) is 8.47. The van der Waals surface area contributed by atoms with Gasteiger partial charge in [0.2, 0.25) is 0 Å². The van der Waals surface area contributed by atoms with Crippen molar-refractivity contribution in [2.24, 2.45) is 0 Å². The summed E-state index contributed by atoms with van der Waals surface area (Å²) in [5.41, 5.74) is 1.40. The lowest BCUT2D eigenvalue weighted by Crippen LogP contribution is -1.87. The largest absolute Gasteiger partial charge is 0.265 e. The summed E-state index contributed by atoms with van der Waals surface area (Å²) in [4.78, 5) is 5.29. The van der Waals surface area contributed by atoms with Crippen molar-refractivity contribution in [1.29, 1.82) is 0 Å². The van der Waals surface area contributed by atoms with Gasteiger partial charge in [-0.1, -0.05) is 30.3 Å². The molecular formula is C13H13NS. The van der Waals surface area contributed by atoms with Gasteiger partial charge in [-0.3, -0.25) is 4.98 Å². The van der Waals surface area contributed by atoms with Crippen molar-refractivity contribution in [2.45, 2.75) is 11.3 Å². The maximum Gasteiger partial charge on any atom is 0.0278 e. The van der Waals surface area contributed by atoms with Gasteiger partial charge in [0.25, 0.3) is 0 Å². The maximum atomic E-state index is 4.00. The normalized spacial score (nSPS) is 10.1. The monoisotopic (exact) mass is 215 g/mol. The molecule has 0 saturated heterocycles. The maximum absolute atomic E-state index is 4.00. The smallest absolute Gasteiger partial charge is 0.0278 e. The van der Waals surface area contributed by atoms with Gasteiger partial charge < -0.3 is 0 Å². The average molecular weight is 215 g/mol. The van der Waals surface area contributed by atoms with Crippen molar-refractivity contribution in [3.63, 3.8) is 0 Å². The van der Waals surface area contributed by atoms with Crippen LogP contribution in [0.1, 0.15) is 5.56 Å². The molecule has 0 radical (unpaired) electrons. The Hall–Kier alpha value is -1.28. The second-order valence-corrected chi connectivity index (χ2v) is 4.44. The third-order valence-corrected chi connectivity index (χ3v) is 3.17. The number of aryl methyl sites for hydroxylation is 1. The van der Waals surface area contributed by atoms with Crippen LogP contribution in [0.4, 0.5) is 0 Å². The van der Waals surface area contributed by atoms with Crippen LogP contribution in [0.25, 0.3) is 0 Å². The molecule has 0 atom stereocenters. The minimum Gasteiger partial charge on any atom is -0.265 e. The Kier molecular flexibility index (Phi) is 3.80. The molecule has 0 aliphatic rings.